The van der Waals surface area contributed by atoms with Crippen molar-refractivity contribution in [3.63, 3.8) is 0 Å². The second-order valence-corrected chi connectivity index (χ2v) is 7.44. The fourth-order valence-corrected chi connectivity index (χ4v) is 4.36. The van der Waals surface area contributed by atoms with E-state index in [2.05, 4.69) is 26.5 Å². The van der Waals surface area contributed by atoms with Crippen molar-refractivity contribution in [3.8, 4) is 0 Å². The molecule has 3 aliphatic heterocycles. The molecule has 0 radical (unpaired) electrons. The van der Waals surface area contributed by atoms with Gasteiger partial charge in [-0.25, -0.2) is 5.43 Å². The van der Waals surface area contributed by atoms with Gasteiger partial charge in [-0.3, -0.25) is 14.7 Å². The molecule has 3 heterocycles. The highest BCUT2D eigenvalue weighted by Gasteiger charge is 2.35. The van der Waals surface area contributed by atoms with Crippen molar-refractivity contribution in [2.24, 2.45) is 27.8 Å². The molecule has 4 aliphatic rings. The second-order valence-electron chi connectivity index (χ2n) is 7.44. The standard InChI is InChI=1S/C20H26N4O2/c25-19(13-18-16-3-1-2-4-17(16)20(26)23-22-18)24-11-7-15(8-12-24)14-5-9-21-10-6-14/h1-5,9,15-17,19,25H,6-8,10-13H2,(H,23,26). The first-order valence-corrected chi connectivity index (χ1v) is 9.54. The van der Waals surface area contributed by atoms with Gasteiger partial charge >= 0.3 is 0 Å². The summed E-state index contributed by atoms with van der Waals surface area (Å²) >= 11 is 0. The average Bonchev–Trinajstić information content (AvgIpc) is 2.71. The Morgan fingerprint density at radius 2 is 2.00 bits per heavy atom. The van der Waals surface area contributed by atoms with Gasteiger partial charge in [0.05, 0.1) is 11.6 Å². The zero-order valence-corrected chi connectivity index (χ0v) is 14.9. The molecule has 26 heavy (non-hydrogen) atoms. The monoisotopic (exact) mass is 354 g/mol. The van der Waals surface area contributed by atoms with E-state index in [-0.39, 0.29) is 17.7 Å². The molecule has 0 saturated carbocycles. The molecule has 0 aromatic heterocycles. The highest BCUT2D eigenvalue weighted by atomic mass is 16.3. The minimum Gasteiger partial charge on any atom is -0.378 e. The van der Waals surface area contributed by atoms with Crippen LogP contribution in [-0.4, -0.2) is 53.7 Å². The first kappa shape index (κ1) is 17.4. The van der Waals surface area contributed by atoms with Crippen LogP contribution in [0.4, 0.5) is 0 Å². The Labute approximate surface area is 154 Å². The van der Waals surface area contributed by atoms with Crippen molar-refractivity contribution in [2.75, 3.05) is 19.6 Å². The number of fused-ring (bicyclic) bond motifs is 1. The number of nitrogens with one attached hydrogen (secondary N) is 1. The molecule has 0 spiro atoms. The average molecular weight is 354 g/mol. The van der Waals surface area contributed by atoms with Crippen LogP contribution >= 0.6 is 0 Å². The molecule has 1 amide bonds. The Hall–Kier alpha value is -2.05. The smallest absolute Gasteiger partial charge is 0.247 e. The van der Waals surface area contributed by atoms with Crippen LogP contribution in [0.25, 0.3) is 0 Å². The molecule has 1 saturated heterocycles. The third kappa shape index (κ3) is 3.57. The highest BCUT2D eigenvalue weighted by Crippen LogP contribution is 2.30. The molecule has 3 atom stereocenters. The fraction of sp³-hybridized carbons (Fsp3) is 0.550. The number of hydrogen-bond donors (Lipinski definition) is 2. The van der Waals surface area contributed by atoms with Crippen molar-refractivity contribution < 1.29 is 9.90 Å². The molecule has 0 aromatic carbocycles. The predicted molar refractivity (Wildman–Crippen MR) is 102 cm³/mol. The number of carbonyl (C=O) groups excluding carboxylic acids is 1. The summed E-state index contributed by atoms with van der Waals surface area (Å²) in [4.78, 5) is 18.4. The molecular weight excluding hydrogens is 328 g/mol. The molecule has 0 aromatic rings. The van der Waals surface area contributed by atoms with Crippen molar-refractivity contribution in [1.29, 1.82) is 0 Å². The van der Waals surface area contributed by atoms with Crippen LogP contribution in [0.15, 0.2) is 46.0 Å². The largest absolute Gasteiger partial charge is 0.378 e. The van der Waals surface area contributed by atoms with Gasteiger partial charge in [0.25, 0.3) is 0 Å². The summed E-state index contributed by atoms with van der Waals surface area (Å²) < 4.78 is 0. The predicted octanol–water partition coefficient (Wildman–Crippen LogP) is 1.65. The van der Waals surface area contributed by atoms with Crippen LogP contribution in [0.2, 0.25) is 0 Å². The first-order valence-electron chi connectivity index (χ1n) is 9.54. The molecule has 6 nitrogen and oxygen atoms in total. The number of hydrazone groups is 1. The summed E-state index contributed by atoms with van der Waals surface area (Å²) in [5, 5.41) is 15.0. The number of aliphatic imine (C=N–C) groups is 1. The molecule has 6 heteroatoms. The Balaban J connectivity index is 1.34. The van der Waals surface area contributed by atoms with E-state index < -0.39 is 6.23 Å². The maximum atomic E-state index is 12.0. The van der Waals surface area contributed by atoms with Crippen LogP contribution in [-0.2, 0) is 4.79 Å². The van der Waals surface area contributed by atoms with Crippen LogP contribution in [0.5, 0.6) is 0 Å². The number of carbonyl (C=O) groups is 1. The molecule has 138 valence electrons. The molecule has 4 rings (SSSR count). The lowest BCUT2D eigenvalue weighted by Gasteiger charge is -2.37. The zero-order valence-electron chi connectivity index (χ0n) is 14.9. The van der Waals surface area contributed by atoms with Crippen molar-refractivity contribution in [3.05, 3.63) is 36.0 Å². The maximum absolute atomic E-state index is 12.0. The van der Waals surface area contributed by atoms with Crippen molar-refractivity contribution in [1.82, 2.24) is 10.3 Å². The number of nitrogens with zero attached hydrogens (tertiary/aromatic N) is 3. The van der Waals surface area contributed by atoms with Crippen LogP contribution in [0.1, 0.15) is 25.7 Å². The van der Waals surface area contributed by atoms with E-state index in [9.17, 15) is 9.90 Å². The lowest BCUT2D eigenvalue weighted by molar-refractivity contribution is -0.124. The van der Waals surface area contributed by atoms with E-state index >= 15 is 0 Å². The summed E-state index contributed by atoms with van der Waals surface area (Å²) in [5.41, 5.74) is 4.97. The lowest BCUT2D eigenvalue weighted by Crippen LogP contribution is -2.46. The molecule has 2 N–H and O–H groups in total. The van der Waals surface area contributed by atoms with Gasteiger partial charge in [0.15, 0.2) is 0 Å². The molecule has 1 fully saturated rings. The quantitative estimate of drug-likeness (QED) is 0.806. The third-order valence-corrected chi connectivity index (χ3v) is 5.92. The van der Waals surface area contributed by atoms with Crippen LogP contribution in [0.3, 0.4) is 0 Å². The number of amides is 1. The summed E-state index contributed by atoms with van der Waals surface area (Å²) in [7, 11) is 0. The normalized spacial score (nSPS) is 30.4. The topological polar surface area (TPSA) is 77.3 Å². The van der Waals surface area contributed by atoms with Gasteiger partial charge in [0.2, 0.25) is 5.91 Å². The number of aliphatic hydroxyl groups is 1. The summed E-state index contributed by atoms with van der Waals surface area (Å²) in [6.45, 7) is 2.69. The van der Waals surface area contributed by atoms with Gasteiger partial charge < -0.3 is 5.11 Å². The number of hydrogen-bond acceptors (Lipinski definition) is 5. The number of aliphatic hydroxyl groups excluding tert-OH is 1. The summed E-state index contributed by atoms with van der Waals surface area (Å²) in [6.07, 6.45) is 15.0. The second kappa shape index (κ2) is 7.68. The van der Waals surface area contributed by atoms with Crippen LogP contribution in [0, 0.1) is 17.8 Å². The number of allylic oxidation sites excluding steroid dienone is 4. The zero-order chi connectivity index (χ0) is 17.9. The molecule has 1 aliphatic carbocycles. The summed E-state index contributed by atoms with van der Waals surface area (Å²) in [6, 6.07) is 0. The van der Waals surface area contributed by atoms with E-state index in [1.165, 1.54) is 5.57 Å². The Kier molecular flexibility index (Phi) is 5.13. The molecule has 0 bridgehead atoms. The van der Waals surface area contributed by atoms with E-state index in [1.807, 2.05) is 30.5 Å². The van der Waals surface area contributed by atoms with E-state index in [0.717, 1.165) is 44.6 Å². The minimum absolute atomic E-state index is 0.0346. The number of dihydropyridines is 1. The summed E-state index contributed by atoms with van der Waals surface area (Å²) in [5.74, 6) is 0.309. The van der Waals surface area contributed by atoms with Crippen molar-refractivity contribution in [2.45, 2.75) is 31.9 Å². The van der Waals surface area contributed by atoms with Gasteiger partial charge in [-0.15, -0.1) is 0 Å². The Morgan fingerprint density at radius 3 is 2.73 bits per heavy atom. The van der Waals surface area contributed by atoms with Gasteiger partial charge in [0, 0.05) is 38.2 Å². The van der Waals surface area contributed by atoms with Gasteiger partial charge in [-0.05, 0) is 31.3 Å². The lowest BCUT2D eigenvalue weighted by atomic mass is 9.81. The van der Waals surface area contributed by atoms with Crippen LogP contribution < -0.4 is 5.43 Å². The molecule has 3 unspecified atom stereocenters. The van der Waals surface area contributed by atoms with Gasteiger partial charge in [0.1, 0.15) is 6.23 Å². The highest BCUT2D eigenvalue weighted by molar-refractivity contribution is 5.98. The number of piperidine rings is 1. The number of likely N-dealkylation sites (tertiary alicyclic amines) is 1. The fourth-order valence-electron chi connectivity index (χ4n) is 4.36. The number of rotatable bonds is 4. The maximum Gasteiger partial charge on any atom is 0.247 e. The van der Waals surface area contributed by atoms with E-state index in [4.69, 9.17) is 0 Å². The van der Waals surface area contributed by atoms with E-state index in [0.29, 0.717) is 12.3 Å². The Bertz CT molecular complexity index is 699. The molecular formula is C20H26N4O2. The van der Waals surface area contributed by atoms with Gasteiger partial charge in [-0.2, -0.15) is 5.10 Å². The first-order chi connectivity index (χ1) is 12.7. The minimum atomic E-state index is -0.549. The third-order valence-electron chi connectivity index (χ3n) is 5.92. The Morgan fingerprint density at radius 1 is 1.23 bits per heavy atom. The van der Waals surface area contributed by atoms with E-state index in [1.54, 1.807) is 0 Å². The SMILES string of the molecule is O=C1NN=C(CC(O)N2CCC(C3=CC=NCC3)CC2)C2C=CC=CC12. The van der Waals surface area contributed by atoms with Crippen molar-refractivity contribution >= 4 is 17.8 Å². The van der Waals surface area contributed by atoms with Gasteiger partial charge in [-0.1, -0.05) is 29.9 Å².